The second kappa shape index (κ2) is 6.96. The van der Waals surface area contributed by atoms with Gasteiger partial charge in [-0.15, -0.1) is 0 Å². The van der Waals surface area contributed by atoms with Gasteiger partial charge in [-0.3, -0.25) is 14.6 Å². The lowest BCUT2D eigenvalue weighted by Gasteiger charge is -2.19. The molecule has 0 aliphatic carbocycles. The van der Waals surface area contributed by atoms with Crippen LogP contribution in [0.1, 0.15) is 23.7 Å². The number of carbonyl (C=O) groups is 2. The molecule has 2 heterocycles. The predicted molar refractivity (Wildman–Crippen MR) is 106 cm³/mol. The zero-order valence-electron chi connectivity index (χ0n) is 16.0. The van der Waals surface area contributed by atoms with Crippen LogP contribution in [0.5, 0.6) is 0 Å². The molecule has 2 aromatic carbocycles. The van der Waals surface area contributed by atoms with Gasteiger partial charge in [0, 0.05) is 11.3 Å². The first-order valence-electron chi connectivity index (χ1n) is 9.17. The van der Waals surface area contributed by atoms with Crippen molar-refractivity contribution in [2.45, 2.75) is 33.4 Å². The van der Waals surface area contributed by atoms with Crippen molar-refractivity contribution in [3.05, 3.63) is 71.6 Å². The average Bonchev–Trinajstić information content (AvgIpc) is 3.23. The van der Waals surface area contributed by atoms with Crippen molar-refractivity contribution in [1.29, 1.82) is 0 Å². The van der Waals surface area contributed by atoms with Gasteiger partial charge in [0.1, 0.15) is 12.3 Å². The summed E-state index contributed by atoms with van der Waals surface area (Å²) in [6.45, 7) is 5.81. The van der Waals surface area contributed by atoms with Crippen LogP contribution in [-0.2, 0) is 11.3 Å². The van der Waals surface area contributed by atoms with E-state index in [1.54, 1.807) is 6.92 Å². The Labute approximate surface area is 163 Å². The van der Waals surface area contributed by atoms with E-state index in [9.17, 15) is 9.59 Å². The fraction of sp³-hybridized carbons (Fsp3) is 0.227. The average molecular weight is 375 g/mol. The minimum Gasteiger partial charge on any atom is -0.444 e. The normalized spacial score (nSPS) is 16.9. The molecule has 142 valence electrons. The van der Waals surface area contributed by atoms with Crippen molar-refractivity contribution in [3.63, 3.8) is 0 Å². The molecule has 3 amide bonds. The van der Waals surface area contributed by atoms with Gasteiger partial charge in [-0.2, -0.15) is 0 Å². The minimum absolute atomic E-state index is 0.0831. The van der Waals surface area contributed by atoms with Crippen molar-refractivity contribution in [2.24, 2.45) is 0 Å². The molecule has 1 saturated heterocycles. The van der Waals surface area contributed by atoms with Gasteiger partial charge in [0.25, 0.3) is 5.91 Å². The lowest BCUT2D eigenvalue weighted by atomic mass is 10.1. The van der Waals surface area contributed by atoms with Gasteiger partial charge in [0.2, 0.25) is 5.89 Å². The maximum atomic E-state index is 12.9. The predicted octanol–water partition coefficient (Wildman–Crippen LogP) is 4.32. The molecule has 4 rings (SSSR count). The SMILES string of the molecule is Cc1ccc(-c2nc(CN3C(=O)[C@H](C)N(c4ccc(C)cc4)C3=O)co2)cc1. The fourth-order valence-corrected chi connectivity index (χ4v) is 3.28. The third kappa shape index (κ3) is 3.17. The monoisotopic (exact) mass is 375 g/mol. The first-order chi connectivity index (χ1) is 13.4. The molecule has 0 saturated carbocycles. The van der Waals surface area contributed by atoms with Gasteiger partial charge in [-0.25, -0.2) is 9.78 Å². The van der Waals surface area contributed by atoms with E-state index >= 15 is 0 Å². The minimum atomic E-state index is -0.557. The number of aromatic nitrogens is 1. The van der Waals surface area contributed by atoms with Crippen LogP contribution < -0.4 is 4.90 Å². The number of aryl methyl sites for hydroxylation is 2. The Morgan fingerprint density at radius 1 is 0.964 bits per heavy atom. The maximum absolute atomic E-state index is 12.9. The van der Waals surface area contributed by atoms with Crippen LogP contribution in [0.3, 0.4) is 0 Å². The molecule has 0 spiro atoms. The summed E-state index contributed by atoms with van der Waals surface area (Å²) in [5.41, 5.74) is 4.34. The van der Waals surface area contributed by atoms with E-state index in [-0.39, 0.29) is 18.5 Å². The summed E-state index contributed by atoms with van der Waals surface area (Å²) >= 11 is 0. The van der Waals surface area contributed by atoms with Gasteiger partial charge in [-0.1, -0.05) is 35.4 Å². The molecular formula is C22H21N3O3. The van der Waals surface area contributed by atoms with E-state index in [2.05, 4.69) is 4.98 Å². The van der Waals surface area contributed by atoms with Crippen LogP contribution in [0, 0.1) is 13.8 Å². The second-order valence-electron chi connectivity index (χ2n) is 7.10. The summed E-state index contributed by atoms with van der Waals surface area (Å²) in [7, 11) is 0. The number of nitrogens with zero attached hydrogens (tertiary/aromatic N) is 3. The maximum Gasteiger partial charge on any atom is 0.332 e. The van der Waals surface area contributed by atoms with Crippen molar-refractivity contribution in [3.8, 4) is 11.5 Å². The lowest BCUT2D eigenvalue weighted by molar-refractivity contribution is -0.127. The highest BCUT2D eigenvalue weighted by atomic mass is 16.3. The first kappa shape index (κ1) is 18.0. The Bertz CT molecular complexity index is 1020. The summed E-state index contributed by atoms with van der Waals surface area (Å²) in [5.74, 6) is 0.225. The van der Waals surface area contributed by atoms with E-state index in [1.165, 1.54) is 16.1 Å². The van der Waals surface area contributed by atoms with Crippen molar-refractivity contribution >= 4 is 17.6 Å². The highest BCUT2D eigenvalue weighted by Crippen LogP contribution is 2.28. The van der Waals surface area contributed by atoms with Gasteiger partial charge < -0.3 is 4.42 Å². The van der Waals surface area contributed by atoms with E-state index in [1.807, 2.05) is 62.4 Å². The third-order valence-electron chi connectivity index (χ3n) is 4.93. The van der Waals surface area contributed by atoms with Crippen LogP contribution in [0.25, 0.3) is 11.5 Å². The van der Waals surface area contributed by atoms with Gasteiger partial charge in [0.05, 0.1) is 12.2 Å². The van der Waals surface area contributed by atoms with E-state index < -0.39 is 6.04 Å². The molecule has 0 bridgehead atoms. The Hall–Kier alpha value is -3.41. The molecule has 1 atom stereocenters. The molecule has 1 aliphatic rings. The summed E-state index contributed by atoms with van der Waals surface area (Å²) in [5, 5.41) is 0. The molecular weight excluding hydrogens is 354 g/mol. The number of benzene rings is 2. The number of anilines is 1. The van der Waals surface area contributed by atoms with E-state index in [0.717, 1.165) is 16.7 Å². The Morgan fingerprint density at radius 2 is 1.57 bits per heavy atom. The van der Waals surface area contributed by atoms with Crippen LogP contribution >= 0.6 is 0 Å². The Balaban J connectivity index is 1.55. The van der Waals surface area contributed by atoms with Crippen molar-refractivity contribution < 1.29 is 14.0 Å². The number of hydrogen-bond acceptors (Lipinski definition) is 4. The quantitative estimate of drug-likeness (QED) is 0.637. The van der Waals surface area contributed by atoms with Crippen LogP contribution in [-0.4, -0.2) is 27.9 Å². The zero-order valence-corrected chi connectivity index (χ0v) is 16.0. The zero-order chi connectivity index (χ0) is 19.8. The highest BCUT2D eigenvalue weighted by Gasteiger charge is 2.43. The van der Waals surface area contributed by atoms with Gasteiger partial charge in [0.15, 0.2) is 0 Å². The number of oxazole rings is 1. The van der Waals surface area contributed by atoms with Crippen LogP contribution in [0.4, 0.5) is 10.5 Å². The molecule has 1 aliphatic heterocycles. The topological polar surface area (TPSA) is 66.7 Å². The van der Waals surface area contributed by atoms with Crippen molar-refractivity contribution in [1.82, 2.24) is 9.88 Å². The number of amides is 3. The standard InChI is InChI=1S/C22H21N3O3/c1-14-4-8-17(9-5-14)20-23-18(13-28-20)12-24-21(26)16(3)25(22(24)27)19-10-6-15(2)7-11-19/h4-11,13,16H,12H2,1-3H3/t16-/m0/s1. The molecule has 6 nitrogen and oxygen atoms in total. The summed E-state index contributed by atoms with van der Waals surface area (Å²) in [6, 6.07) is 14.5. The lowest BCUT2D eigenvalue weighted by Crippen LogP contribution is -2.33. The molecule has 0 unspecified atom stereocenters. The van der Waals surface area contributed by atoms with E-state index in [0.29, 0.717) is 17.3 Å². The summed E-state index contributed by atoms with van der Waals surface area (Å²) in [6.07, 6.45) is 1.49. The molecule has 3 aromatic rings. The smallest absolute Gasteiger partial charge is 0.332 e. The second-order valence-corrected chi connectivity index (χ2v) is 7.10. The molecule has 1 aromatic heterocycles. The number of rotatable bonds is 4. The van der Waals surface area contributed by atoms with E-state index in [4.69, 9.17) is 4.42 Å². The number of hydrogen-bond donors (Lipinski definition) is 0. The summed E-state index contributed by atoms with van der Waals surface area (Å²) < 4.78 is 5.55. The Kier molecular flexibility index (Phi) is 4.47. The molecule has 6 heteroatoms. The van der Waals surface area contributed by atoms with Crippen molar-refractivity contribution in [2.75, 3.05) is 4.90 Å². The number of imide groups is 1. The largest absolute Gasteiger partial charge is 0.444 e. The van der Waals surface area contributed by atoms with Gasteiger partial charge >= 0.3 is 6.03 Å². The molecule has 28 heavy (non-hydrogen) atoms. The summed E-state index contributed by atoms with van der Waals surface area (Å²) in [4.78, 5) is 32.8. The van der Waals surface area contributed by atoms with Gasteiger partial charge in [-0.05, 0) is 45.0 Å². The third-order valence-corrected chi connectivity index (χ3v) is 4.93. The number of carbonyl (C=O) groups excluding carboxylic acids is 2. The van der Waals surface area contributed by atoms with Crippen LogP contribution in [0.2, 0.25) is 0 Å². The molecule has 0 radical (unpaired) electrons. The highest BCUT2D eigenvalue weighted by molar-refractivity contribution is 6.13. The Morgan fingerprint density at radius 3 is 2.21 bits per heavy atom. The fourth-order valence-electron chi connectivity index (χ4n) is 3.28. The first-order valence-corrected chi connectivity index (χ1v) is 9.17. The number of urea groups is 1. The molecule has 0 N–H and O–H groups in total. The van der Waals surface area contributed by atoms with Crippen LogP contribution in [0.15, 0.2) is 59.2 Å². The molecule has 1 fully saturated rings.